The molecule has 1 amide bonds. The summed E-state index contributed by atoms with van der Waals surface area (Å²) in [6, 6.07) is 18.9. The van der Waals surface area contributed by atoms with Gasteiger partial charge in [-0.1, -0.05) is 30.3 Å². The average Bonchev–Trinajstić information content (AvgIpc) is 3.48. The van der Waals surface area contributed by atoms with E-state index in [0.717, 1.165) is 90.5 Å². The van der Waals surface area contributed by atoms with E-state index in [4.69, 9.17) is 4.74 Å². The standard InChI is InChI=1S/C29H40N4O3/c34-28-8-4-14-33(28)15-5-21-36-27-11-9-25(10-12-27)22-31-16-13-29(35,24-31)23-30-17-19-32(20-18-30)26-6-2-1-3-7-26/h1-3,6-7,9-12,35H,4-5,8,13-24H2. The number of benzene rings is 2. The molecule has 36 heavy (non-hydrogen) atoms. The highest BCUT2D eigenvalue weighted by Gasteiger charge is 2.38. The first-order chi connectivity index (χ1) is 17.6. The van der Waals surface area contributed by atoms with Crippen LogP contribution < -0.4 is 9.64 Å². The van der Waals surface area contributed by atoms with Crippen molar-refractivity contribution in [3.05, 3.63) is 60.2 Å². The van der Waals surface area contributed by atoms with Crippen molar-refractivity contribution in [2.75, 3.05) is 70.4 Å². The lowest BCUT2D eigenvalue weighted by Crippen LogP contribution is -2.52. The van der Waals surface area contributed by atoms with Gasteiger partial charge in [0.15, 0.2) is 0 Å². The minimum Gasteiger partial charge on any atom is -0.494 e. The van der Waals surface area contributed by atoms with Gasteiger partial charge in [-0.25, -0.2) is 0 Å². The summed E-state index contributed by atoms with van der Waals surface area (Å²) in [7, 11) is 0. The maximum absolute atomic E-state index is 11.7. The Morgan fingerprint density at radius 1 is 0.889 bits per heavy atom. The summed E-state index contributed by atoms with van der Waals surface area (Å²) in [6.07, 6.45) is 3.37. The predicted octanol–water partition coefficient (Wildman–Crippen LogP) is 2.84. The Morgan fingerprint density at radius 3 is 2.39 bits per heavy atom. The number of piperazine rings is 1. The van der Waals surface area contributed by atoms with Gasteiger partial charge in [0.2, 0.25) is 5.91 Å². The quantitative estimate of drug-likeness (QED) is 0.515. The number of anilines is 1. The van der Waals surface area contributed by atoms with E-state index in [2.05, 4.69) is 57.2 Å². The molecule has 3 aliphatic rings. The molecular weight excluding hydrogens is 452 g/mol. The van der Waals surface area contributed by atoms with Gasteiger partial charge in [-0.05, 0) is 49.1 Å². The van der Waals surface area contributed by atoms with Crippen molar-refractivity contribution in [1.82, 2.24) is 14.7 Å². The number of hydrogen-bond acceptors (Lipinski definition) is 6. The van der Waals surface area contributed by atoms with Crippen LogP contribution in [0.2, 0.25) is 0 Å². The summed E-state index contributed by atoms with van der Waals surface area (Å²) in [6.45, 7) is 9.56. The first-order valence-corrected chi connectivity index (χ1v) is 13.5. The normalized spacial score (nSPS) is 23.5. The lowest BCUT2D eigenvalue weighted by atomic mass is 10.0. The number of carbonyl (C=O) groups is 1. The Morgan fingerprint density at radius 2 is 1.67 bits per heavy atom. The van der Waals surface area contributed by atoms with Crippen molar-refractivity contribution in [2.45, 2.75) is 37.8 Å². The van der Waals surface area contributed by atoms with E-state index in [1.165, 1.54) is 11.3 Å². The van der Waals surface area contributed by atoms with Crippen LogP contribution in [0.5, 0.6) is 5.75 Å². The topological polar surface area (TPSA) is 59.5 Å². The van der Waals surface area contributed by atoms with Crippen LogP contribution in [0.3, 0.4) is 0 Å². The minimum absolute atomic E-state index is 0.277. The molecule has 7 nitrogen and oxygen atoms in total. The Labute approximate surface area is 215 Å². The third-order valence-corrected chi connectivity index (χ3v) is 7.76. The van der Waals surface area contributed by atoms with E-state index in [-0.39, 0.29) is 5.91 Å². The second kappa shape index (κ2) is 11.6. The van der Waals surface area contributed by atoms with Crippen LogP contribution in [0.25, 0.3) is 0 Å². The number of ether oxygens (including phenoxy) is 1. The van der Waals surface area contributed by atoms with Gasteiger partial charge in [-0.2, -0.15) is 0 Å². The number of para-hydroxylation sites is 1. The van der Waals surface area contributed by atoms with Gasteiger partial charge in [-0.3, -0.25) is 14.6 Å². The third kappa shape index (κ3) is 6.58. The van der Waals surface area contributed by atoms with Crippen LogP contribution in [0.1, 0.15) is 31.2 Å². The van der Waals surface area contributed by atoms with Gasteiger partial charge in [-0.15, -0.1) is 0 Å². The van der Waals surface area contributed by atoms with Crippen molar-refractivity contribution in [3.8, 4) is 5.75 Å². The van der Waals surface area contributed by atoms with Gasteiger partial charge < -0.3 is 19.6 Å². The maximum Gasteiger partial charge on any atom is 0.222 e. The van der Waals surface area contributed by atoms with Gasteiger partial charge in [0.05, 0.1) is 12.2 Å². The van der Waals surface area contributed by atoms with Gasteiger partial charge in [0.25, 0.3) is 0 Å². The molecule has 0 radical (unpaired) electrons. The van der Waals surface area contributed by atoms with E-state index >= 15 is 0 Å². The minimum atomic E-state index is -0.630. The summed E-state index contributed by atoms with van der Waals surface area (Å²) in [4.78, 5) is 20.8. The molecule has 0 aromatic heterocycles. The van der Waals surface area contributed by atoms with Crippen molar-refractivity contribution in [1.29, 1.82) is 0 Å². The molecule has 7 heteroatoms. The highest BCUT2D eigenvalue weighted by Crippen LogP contribution is 2.26. The molecule has 194 valence electrons. The Kier molecular flexibility index (Phi) is 8.09. The van der Waals surface area contributed by atoms with Crippen molar-refractivity contribution in [3.63, 3.8) is 0 Å². The Balaban J connectivity index is 1.01. The summed E-state index contributed by atoms with van der Waals surface area (Å²) in [5.74, 6) is 1.15. The Bertz CT molecular complexity index is 978. The fourth-order valence-corrected chi connectivity index (χ4v) is 5.76. The van der Waals surface area contributed by atoms with Gasteiger partial charge >= 0.3 is 0 Å². The molecule has 1 N–H and O–H groups in total. The number of likely N-dealkylation sites (tertiary alicyclic amines) is 2. The van der Waals surface area contributed by atoms with E-state index in [1.54, 1.807) is 0 Å². The largest absolute Gasteiger partial charge is 0.494 e. The smallest absolute Gasteiger partial charge is 0.222 e. The number of amides is 1. The lowest BCUT2D eigenvalue weighted by molar-refractivity contribution is -0.127. The summed E-state index contributed by atoms with van der Waals surface area (Å²) >= 11 is 0. The predicted molar refractivity (Wildman–Crippen MR) is 142 cm³/mol. The van der Waals surface area contributed by atoms with Crippen LogP contribution in [-0.2, 0) is 11.3 Å². The zero-order chi connectivity index (χ0) is 24.8. The van der Waals surface area contributed by atoms with E-state index in [0.29, 0.717) is 13.0 Å². The summed E-state index contributed by atoms with van der Waals surface area (Å²) in [5.41, 5.74) is 1.90. The molecule has 0 saturated carbocycles. The number of aliphatic hydroxyl groups is 1. The molecule has 0 spiro atoms. The monoisotopic (exact) mass is 492 g/mol. The van der Waals surface area contributed by atoms with Crippen molar-refractivity contribution >= 4 is 11.6 Å². The number of β-amino-alcohol motifs (C(OH)–C–C–N with tert-alkyl or cyclic N) is 1. The van der Waals surface area contributed by atoms with Crippen LogP contribution in [0.15, 0.2) is 54.6 Å². The lowest BCUT2D eigenvalue weighted by Gasteiger charge is -2.39. The zero-order valence-electron chi connectivity index (χ0n) is 21.4. The molecule has 0 bridgehead atoms. The SMILES string of the molecule is O=C1CCCN1CCCOc1ccc(CN2CCC(O)(CN3CCN(c4ccccc4)CC3)C2)cc1. The number of rotatable bonds is 10. The summed E-state index contributed by atoms with van der Waals surface area (Å²) < 4.78 is 5.88. The van der Waals surface area contributed by atoms with Gasteiger partial charge in [0.1, 0.15) is 5.75 Å². The van der Waals surface area contributed by atoms with E-state index in [9.17, 15) is 9.90 Å². The molecular formula is C29H40N4O3. The molecule has 3 fully saturated rings. The molecule has 3 heterocycles. The van der Waals surface area contributed by atoms with Crippen molar-refractivity contribution < 1.29 is 14.6 Å². The van der Waals surface area contributed by atoms with Crippen LogP contribution in [0.4, 0.5) is 5.69 Å². The van der Waals surface area contributed by atoms with Gasteiger partial charge in [0, 0.05) is 77.6 Å². The molecule has 5 rings (SSSR count). The second-order valence-corrected chi connectivity index (χ2v) is 10.6. The molecule has 3 saturated heterocycles. The van der Waals surface area contributed by atoms with E-state index in [1.807, 2.05) is 17.0 Å². The first-order valence-electron chi connectivity index (χ1n) is 13.5. The summed E-state index contributed by atoms with van der Waals surface area (Å²) in [5, 5.41) is 11.3. The first kappa shape index (κ1) is 25.1. The molecule has 2 aromatic carbocycles. The van der Waals surface area contributed by atoms with Crippen LogP contribution in [-0.4, -0.2) is 96.8 Å². The van der Waals surface area contributed by atoms with Crippen molar-refractivity contribution in [2.24, 2.45) is 0 Å². The Hall–Kier alpha value is -2.61. The fourth-order valence-electron chi connectivity index (χ4n) is 5.76. The molecule has 1 unspecified atom stereocenters. The number of hydrogen-bond donors (Lipinski definition) is 1. The molecule has 2 aromatic rings. The fraction of sp³-hybridized carbons (Fsp3) is 0.552. The second-order valence-electron chi connectivity index (χ2n) is 10.6. The van der Waals surface area contributed by atoms with Crippen LogP contribution in [0, 0.1) is 0 Å². The maximum atomic E-state index is 11.7. The number of nitrogens with zero attached hydrogens (tertiary/aromatic N) is 4. The van der Waals surface area contributed by atoms with Crippen LogP contribution >= 0.6 is 0 Å². The average molecular weight is 493 g/mol. The number of carbonyl (C=O) groups excluding carboxylic acids is 1. The van der Waals surface area contributed by atoms with E-state index < -0.39 is 5.60 Å². The molecule has 0 aliphatic carbocycles. The highest BCUT2D eigenvalue weighted by atomic mass is 16.5. The molecule has 1 atom stereocenters. The highest BCUT2D eigenvalue weighted by molar-refractivity contribution is 5.77. The zero-order valence-corrected chi connectivity index (χ0v) is 21.4. The molecule has 3 aliphatic heterocycles. The third-order valence-electron chi connectivity index (χ3n) is 7.76.